The number of hydrogen-bond donors (Lipinski definition) is 5. The second-order valence-electron chi connectivity index (χ2n) is 14.8. The van der Waals surface area contributed by atoms with Crippen LogP contribution in [0.15, 0.2) is 54.1 Å². The molecule has 0 fully saturated rings. The van der Waals surface area contributed by atoms with Crippen molar-refractivity contribution in [3.8, 4) is 0 Å². The van der Waals surface area contributed by atoms with Crippen LogP contribution in [0.25, 0.3) is 0 Å². The van der Waals surface area contributed by atoms with Crippen molar-refractivity contribution in [1.29, 1.82) is 0 Å². The molecule has 0 saturated heterocycles. The van der Waals surface area contributed by atoms with Crippen molar-refractivity contribution >= 4 is 36.3 Å². The van der Waals surface area contributed by atoms with Gasteiger partial charge in [0.15, 0.2) is 0 Å². The van der Waals surface area contributed by atoms with Crippen LogP contribution < -0.4 is 10.6 Å². The van der Waals surface area contributed by atoms with E-state index in [4.69, 9.17) is 10.2 Å². The number of carbonyl (C=O) groups is 6. The molecule has 0 radical (unpaired) electrons. The molecule has 4 amide bonds. The van der Waals surface area contributed by atoms with Crippen LogP contribution in [0, 0.1) is 11.3 Å². The summed E-state index contributed by atoms with van der Waals surface area (Å²) in [5.74, 6) is -2.16. The number of nitrogens with one attached hydrogen (secondary N) is 2. The number of rotatable bonds is 12. The first-order chi connectivity index (χ1) is 24.6. The minimum Gasteiger partial charge on any atom is -0.480 e. The summed E-state index contributed by atoms with van der Waals surface area (Å²) in [6.07, 6.45) is 13.2. The van der Waals surface area contributed by atoms with Gasteiger partial charge in [0, 0.05) is 31.6 Å². The Kier molecular flexibility index (Phi) is 24.9. The van der Waals surface area contributed by atoms with Crippen LogP contribution >= 0.6 is 0 Å². The van der Waals surface area contributed by atoms with Gasteiger partial charge in [0.1, 0.15) is 18.6 Å². The second-order valence-corrected chi connectivity index (χ2v) is 14.8. The van der Waals surface area contributed by atoms with Crippen LogP contribution in [0.1, 0.15) is 106 Å². The topological polar surface area (TPSA) is 194 Å². The van der Waals surface area contributed by atoms with Crippen molar-refractivity contribution in [3.63, 3.8) is 0 Å². The largest absolute Gasteiger partial charge is 0.480 e. The minimum absolute atomic E-state index is 0.0490. The average molecular weight is 747 g/mol. The number of amides is 4. The highest BCUT2D eigenvalue weighted by molar-refractivity contribution is 5.93. The maximum atomic E-state index is 13.6. The van der Waals surface area contributed by atoms with Crippen LogP contribution in [0.5, 0.6) is 0 Å². The maximum Gasteiger partial charge on any atom is 0.407 e. The predicted molar refractivity (Wildman–Crippen MR) is 209 cm³/mol. The fraction of sp³-hybridized carbons (Fsp3) is 0.600. The number of hydrogen-bond acceptors (Lipinski definition) is 6. The summed E-state index contributed by atoms with van der Waals surface area (Å²) in [6, 6.07) is 7.02. The average Bonchev–Trinajstić information content (AvgIpc) is 3.07. The van der Waals surface area contributed by atoms with Crippen molar-refractivity contribution in [2.24, 2.45) is 11.3 Å². The van der Waals surface area contributed by atoms with E-state index in [9.17, 15) is 33.9 Å². The van der Waals surface area contributed by atoms with Gasteiger partial charge in [0.05, 0.1) is 0 Å². The molecule has 0 heterocycles. The Morgan fingerprint density at radius 3 is 1.92 bits per heavy atom. The maximum absolute atomic E-state index is 13.6. The molecule has 0 aliphatic heterocycles. The molecule has 1 aromatic rings. The second kappa shape index (κ2) is 26.1. The van der Waals surface area contributed by atoms with Gasteiger partial charge in [-0.15, -0.1) is 0 Å². The summed E-state index contributed by atoms with van der Waals surface area (Å²) < 4.78 is 0. The van der Waals surface area contributed by atoms with Crippen molar-refractivity contribution in [2.45, 2.75) is 118 Å². The van der Waals surface area contributed by atoms with Gasteiger partial charge in [-0.2, -0.15) is 0 Å². The van der Waals surface area contributed by atoms with Crippen LogP contribution in [-0.4, -0.2) is 101 Å². The van der Waals surface area contributed by atoms with E-state index in [2.05, 4.69) is 38.2 Å². The number of likely N-dealkylation sites (N-methyl/N-ethyl adjacent to an activating group) is 2. The van der Waals surface area contributed by atoms with Crippen molar-refractivity contribution in [2.75, 3.05) is 27.2 Å². The summed E-state index contributed by atoms with van der Waals surface area (Å²) in [6.45, 7) is 16.7. The monoisotopic (exact) mass is 746 g/mol. The molecule has 0 bridgehead atoms. The van der Waals surface area contributed by atoms with E-state index in [-0.39, 0.29) is 18.7 Å². The number of allylic oxidation sites excluding steroid dienone is 2. The van der Waals surface area contributed by atoms with E-state index in [1.807, 2.05) is 35.6 Å². The Labute approximate surface area is 316 Å². The Balaban J connectivity index is 0. The van der Waals surface area contributed by atoms with Crippen LogP contribution in [0.2, 0.25) is 0 Å². The lowest BCUT2D eigenvalue weighted by Gasteiger charge is -2.40. The molecule has 3 unspecified atom stereocenters. The lowest BCUT2D eigenvalue weighted by molar-refractivity contribution is -0.140. The Morgan fingerprint density at radius 1 is 0.925 bits per heavy atom. The number of aliphatic carboxylic acids is 2. The highest BCUT2D eigenvalue weighted by atomic mass is 16.4. The summed E-state index contributed by atoms with van der Waals surface area (Å²) in [7, 11) is 2.85. The third kappa shape index (κ3) is 20.8. The fourth-order valence-corrected chi connectivity index (χ4v) is 5.14. The number of carboxylic acid groups (broad SMARTS) is 3. The summed E-state index contributed by atoms with van der Waals surface area (Å²) >= 11 is 0. The molecule has 13 heteroatoms. The normalized spacial score (nSPS) is 15.9. The molecule has 2 rings (SSSR count). The van der Waals surface area contributed by atoms with Crippen molar-refractivity contribution < 1.29 is 44.1 Å². The molecule has 3 atom stereocenters. The SMILES string of the molecule is C/C(=C\CN(C)C(=O)C(NC(=O)C(N(C)C(=O)O)C(C)(C)c1ccccc1)C(C)(C)C)C(=O)O.CC1CC/C=C/CCC1.CCC.O=CNCC(=O)O. The molecule has 53 heavy (non-hydrogen) atoms. The molecular formula is C40H66N4O9. The van der Waals surface area contributed by atoms with Gasteiger partial charge < -0.3 is 30.9 Å². The van der Waals surface area contributed by atoms with Crippen molar-refractivity contribution in [3.05, 3.63) is 59.7 Å². The van der Waals surface area contributed by atoms with E-state index in [0.29, 0.717) is 6.41 Å². The minimum atomic E-state index is -1.27. The molecule has 1 aromatic carbocycles. The van der Waals surface area contributed by atoms with E-state index in [0.717, 1.165) is 16.4 Å². The highest BCUT2D eigenvalue weighted by Crippen LogP contribution is 2.31. The molecule has 13 nitrogen and oxygen atoms in total. The summed E-state index contributed by atoms with van der Waals surface area (Å²) in [5.41, 5.74) is -0.732. The van der Waals surface area contributed by atoms with Crippen molar-refractivity contribution in [1.82, 2.24) is 20.4 Å². The van der Waals surface area contributed by atoms with Gasteiger partial charge in [-0.05, 0) is 49.5 Å². The van der Waals surface area contributed by atoms with E-state index in [1.54, 1.807) is 34.6 Å². The van der Waals surface area contributed by atoms with Crippen LogP contribution in [-0.2, 0) is 29.4 Å². The number of carboxylic acids is 2. The molecule has 1 aliphatic carbocycles. The third-order valence-corrected chi connectivity index (χ3v) is 8.32. The first-order valence-electron chi connectivity index (χ1n) is 18.1. The molecule has 0 aromatic heterocycles. The van der Waals surface area contributed by atoms with Crippen LogP contribution in [0.3, 0.4) is 0 Å². The lowest BCUT2D eigenvalue weighted by Crippen LogP contribution is -2.62. The van der Waals surface area contributed by atoms with E-state index < -0.39 is 52.8 Å². The van der Waals surface area contributed by atoms with Gasteiger partial charge in [0.2, 0.25) is 18.2 Å². The summed E-state index contributed by atoms with van der Waals surface area (Å²) in [4.78, 5) is 70.9. The quantitative estimate of drug-likeness (QED) is 0.0922. The van der Waals surface area contributed by atoms with Crippen LogP contribution in [0.4, 0.5) is 4.79 Å². The van der Waals surface area contributed by atoms with E-state index >= 15 is 0 Å². The van der Waals surface area contributed by atoms with Gasteiger partial charge in [-0.25, -0.2) is 9.59 Å². The lowest BCUT2D eigenvalue weighted by atomic mass is 9.76. The smallest absolute Gasteiger partial charge is 0.407 e. The first kappa shape index (κ1) is 50.4. The predicted octanol–water partition coefficient (Wildman–Crippen LogP) is 6.34. The standard InChI is InChI=1S/C25H37N3O6.C9H16.C3H5NO3.C3H8/c1-16(22(31)32)14-15-27(7)21(30)18(24(2,3)4)26-20(29)19(28(8)23(33)34)25(5,6)17-12-10-9-11-13-17;1-9-7-5-3-2-4-6-8-9;5-2-4-1-3(6)7;1-3-2/h9-14,18-19H,15H2,1-8H3,(H,26,29)(H,31,32)(H,33,34);2-3,9H,4-8H2,1H3;2H,1H2,(H,4,5)(H,6,7);3H2,1-2H3/b16-14+;3-2+;;. The summed E-state index contributed by atoms with van der Waals surface area (Å²) in [5, 5.41) is 31.3. The highest BCUT2D eigenvalue weighted by Gasteiger charge is 2.44. The molecule has 300 valence electrons. The Bertz CT molecular complexity index is 1340. The third-order valence-electron chi connectivity index (χ3n) is 8.32. The zero-order valence-electron chi connectivity index (χ0n) is 33.8. The van der Waals surface area contributed by atoms with Gasteiger partial charge in [0.25, 0.3) is 0 Å². The number of carbonyl (C=O) groups excluding carboxylic acids is 3. The Hall–Kier alpha value is -4.68. The molecule has 5 N–H and O–H groups in total. The van der Waals surface area contributed by atoms with Gasteiger partial charge in [-0.3, -0.25) is 24.1 Å². The van der Waals surface area contributed by atoms with Gasteiger partial charge in [-0.1, -0.05) is 117 Å². The molecule has 0 spiro atoms. The zero-order chi connectivity index (χ0) is 41.4. The molecular weight excluding hydrogens is 680 g/mol. The molecule has 0 saturated carbocycles. The number of benzene rings is 1. The number of nitrogens with zero attached hydrogens (tertiary/aromatic N) is 2. The Morgan fingerprint density at radius 2 is 1.47 bits per heavy atom. The van der Waals surface area contributed by atoms with E-state index in [1.165, 1.54) is 70.5 Å². The zero-order valence-corrected chi connectivity index (χ0v) is 33.8. The first-order valence-corrected chi connectivity index (χ1v) is 18.1. The van der Waals surface area contributed by atoms with Gasteiger partial charge >= 0.3 is 18.0 Å². The fourth-order valence-electron chi connectivity index (χ4n) is 5.14. The molecule has 1 aliphatic rings.